The third-order valence-corrected chi connectivity index (χ3v) is 6.48. The highest BCUT2D eigenvalue weighted by Gasteiger charge is 2.17. The zero-order chi connectivity index (χ0) is 14.5. The zero-order valence-electron chi connectivity index (χ0n) is 10.9. The summed E-state index contributed by atoms with van der Waals surface area (Å²) in [5, 5.41) is 5.77. The van der Waals surface area contributed by atoms with Crippen LogP contribution in [0.1, 0.15) is 41.8 Å². The van der Waals surface area contributed by atoms with E-state index in [0.717, 1.165) is 21.1 Å². The predicted molar refractivity (Wildman–Crippen MR) is 87.1 cm³/mol. The molecule has 1 saturated carbocycles. The molecule has 0 saturated heterocycles. The quantitative estimate of drug-likeness (QED) is 0.761. The second-order valence-corrected chi connectivity index (χ2v) is 8.01. The van der Waals surface area contributed by atoms with Gasteiger partial charge in [-0.05, 0) is 50.8 Å². The van der Waals surface area contributed by atoms with E-state index in [2.05, 4.69) is 42.5 Å². The fourth-order valence-corrected chi connectivity index (χ4v) is 4.16. The molecule has 4 nitrogen and oxygen atoms in total. The molecule has 1 fully saturated rings. The van der Waals surface area contributed by atoms with Gasteiger partial charge in [-0.15, -0.1) is 11.3 Å². The number of thiophene rings is 1. The highest BCUT2D eigenvalue weighted by molar-refractivity contribution is 9.13. The summed E-state index contributed by atoms with van der Waals surface area (Å²) in [6.45, 7) is 0.366. The molecule has 0 aliphatic heterocycles. The average Bonchev–Trinajstić information content (AvgIpc) is 3.00. The number of carbonyl (C=O) groups excluding carboxylic acids is 2. The van der Waals surface area contributed by atoms with Crippen molar-refractivity contribution in [3.05, 3.63) is 19.2 Å². The van der Waals surface area contributed by atoms with E-state index in [0.29, 0.717) is 23.9 Å². The van der Waals surface area contributed by atoms with E-state index in [9.17, 15) is 9.59 Å². The van der Waals surface area contributed by atoms with Gasteiger partial charge in [0.05, 0.1) is 8.66 Å². The molecule has 1 aliphatic carbocycles. The van der Waals surface area contributed by atoms with Crippen molar-refractivity contribution in [2.45, 2.75) is 38.1 Å². The van der Waals surface area contributed by atoms with Crippen molar-refractivity contribution in [3.63, 3.8) is 0 Å². The molecule has 0 atom stereocenters. The van der Waals surface area contributed by atoms with Gasteiger partial charge in [-0.3, -0.25) is 9.59 Å². The topological polar surface area (TPSA) is 58.2 Å². The molecule has 7 heteroatoms. The summed E-state index contributed by atoms with van der Waals surface area (Å²) in [6.07, 6.45) is 4.88. The molecule has 2 rings (SSSR count). The van der Waals surface area contributed by atoms with E-state index in [-0.39, 0.29) is 11.8 Å². The summed E-state index contributed by atoms with van der Waals surface area (Å²) in [5.41, 5.74) is 0. The van der Waals surface area contributed by atoms with E-state index in [1.54, 1.807) is 6.07 Å². The second-order valence-electron chi connectivity index (χ2n) is 4.79. The minimum absolute atomic E-state index is 0.0192. The van der Waals surface area contributed by atoms with Crippen molar-refractivity contribution in [1.29, 1.82) is 0 Å². The van der Waals surface area contributed by atoms with Crippen molar-refractivity contribution in [2.24, 2.45) is 0 Å². The Morgan fingerprint density at radius 2 is 2.00 bits per heavy atom. The third-order valence-electron chi connectivity index (χ3n) is 3.23. The first-order valence-corrected chi connectivity index (χ1v) is 8.99. The zero-order valence-corrected chi connectivity index (χ0v) is 14.9. The van der Waals surface area contributed by atoms with E-state index in [1.165, 1.54) is 24.2 Å². The minimum Gasteiger partial charge on any atom is -0.353 e. The Balaban J connectivity index is 1.69. The van der Waals surface area contributed by atoms with E-state index in [4.69, 9.17) is 0 Å². The van der Waals surface area contributed by atoms with E-state index >= 15 is 0 Å². The Hall–Kier alpha value is -0.400. The smallest absolute Gasteiger partial charge is 0.261 e. The van der Waals surface area contributed by atoms with Crippen LogP contribution in [0.5, 0.6) is 0 Å². The molecule has 1 aliphatic rings. The number of carbonyl (C=O) groups is 2. The molecule has 110 valence electrons. The van der Waals surface area contributed by atoms with Crippen LogP contribution in [-0.2, 0) is 4.79 Å². The number of nitrogens with one attached hydrogen (secondary N) is 2. The lowest BCUT2D eigenvalue weighted by molar-refractivity contribution is -0.121. The lowest BCUT2D eigenvalue weighted by atomic mass is 10.2. The molecule has 1 heterocycles. The lowest BCUT2D eigenvalue weighted by Gasteiger charge is -2.11. The van der Waals surface area contributed by atoms with Crippen LogP contribution in [0.3, 0.4) is 0 Å². The highest BCUT2D eigenvalue weighted by atomic mass is 79.9. The number of hydrogen-bond donors (Lipinski definition) is 2. The molecular formula is C13H16Br2N2O2S. The van der Waals surface area contributed by atoms with Crippen molar-refractivity contribution in [1.82, 2.24) is 10.6 Å². The maximum Gasteiger partial charge on any atom is 0.261 e. The first-order valence-electron chi connectivity index (χ1n) is 6.58. The van der Waals surface area contributed by atoms with Crippen LogP contribution in [0, 0.1) is 0 Å². The molecule has 0 bridgehead atoms. The van der Waals surface area contributed by atoms with Crippen LogP contribution in [-0.4, -0.2) is 24.4 Å². The van der Waals surface area contributed by atoms with Crippen LogP contribution in [0.25, 0.3) is 0 Å². The van der Waals surface area contributed by atoms with Crippen molar-refractivity contribution >= 4 is 55.0 Å². The SMILES string of the molecule is O=C(CCNC(=O)c1cc(Br)c(Br)s1)NC1CCCC1. The number of amides is 2. The molecule has 0 unspecified atom stereocenters. The third kappa shape index (κ3) is 4.56. The summed E-state index contributed by atoms with van der Waals surface area (Å²) >= 11 is 8.06. The van der Waals surface area contributed by atoms with Crippen LogP contribution in [0.4, 0.5) is 0 Å². The van der Waals surface area contributed by atoms with E-state index in [1.807, 2.05) is 0 Å². The van der Waals surface area contributed by atoms with Crippen LogP contribution < -0.4 is 10.6 Å². The predicted octanol–water partition coefficient (Wildman–Crippen LogP) is 3.45. The lowest BCUT2D eigenvalue weighted by Crippen LogP contribution is -2.35. The van der Waals surface area contributed by atoms with Crippen LogP contribution in [0.15, 0.2) is 14.3 Å². The maximum atomic E-state index is 11.9. The summed E-state index contributed by atoms with van der Waals surface area (Å²) in [5.74, 6) is -0.124. The molecule has 1 aromatic heterocycles. The number of hydrogen-bond acceptors (Lipinski definition) is 3. The second kappa shape index (κ2) is 7.56. The number of halogens is 2. The van der Waals surface area contributed by atoms with E-state index < -0.39 is 0 Å². The standard InChI is InChI=1S/C13H16Br2N2O2S/c14-9-7-10(20-12(9)15)13(19)16-6-5-11(18)17-8-3-1-2-4-8/h7-8H,1-6H2,(H,16,19)(H,17,18). The first kappa shape index (κ1) is 16.0. The fourth-order valence-electron chi connectivity index (χ4n) is 2.21. The number of rotatable bonds is 5. The summed E-state index contributed by atoms with van der Waals surface area (Å²) in [4.78, 5) is 24.2. The van der Waals surface area contributed by atoms with Gasteiger partial charge in [0.25, 0.3) is 5.91 Å². The fraction of sp³-hybridized carbons (Fsp3) is 0.538. The van der Waals surface area contributed by atoms with Gasteiger partial charge in [0.1, 0.15) is 0 Å². The molecule has 1 aromatic rings. The summed E-state index contributed by atoms with van der Waals surface area (Å²) in [6, 6.07) is 2.10. The van der Waals surface area contributed by atoms with Gasteiger partial charge in [0.2, 0.25) is 5.91 Å². The Morgan fingerprint density at radius 1 is 1.30 bits per heavy atom. The largest absolute Gasteiger partial charge is 0.353 e. The average molecular weight is 424 g/mol. The monoisotopic (exact) mass is 422 g/mol. The van der Waals surface area contributed by atoms with Crippen molar-refractivity contribution in [3.8, 4) is 0 Å². The molecule has 0 aromatic carbocycles. The Bertz CT molecular complexity index is 479. The molecule has 0 radical (unpaired) electrons. The summed E-state index contributed by atoms with van der Waals surface area (Å²) in [7, 11) is 0. The summed E-state index contributed by atoms with van der Waals surface area (Å²) < 4.78 is 1.76. The molecule has 20 heavy (non-hydrogen) atoms. The van der Waals surface area contributed by atoms with Gasteiger partial charge in [-0.25, -0.2) is 0 Å². The van der Waals surface area contributed by atoms with Crippen molar-refractivity contribution in [2.75, 3.05) is 6.54 Å². The van der Waals surface area contributed by atoms with Gasteiger partial charge >= 0.3 is 0 Å². The molecule has 2 N–H and O–H groups in total. The maximum absolute atomic E-state index is 11.9. The Kier molecular flexibility index (Phi) is 6.04. The Labute approximate surface area is 139 Å². The van der Waals surface area contributed by atoms with Gasteiger partial charge in [0.15, 0.2) is 0 Å². The van der Waals surface area contributed by atoms with Crippen LogP contribution >= 0.6 is 43.2 Å². The van der Waals surface area contributed by atoms with Crippen LogP contribution in [0.2, 0.25) is 0 Å². The molecular weight excluding hydrogens is 408 g/mol. The minimum atomic E-state index is -0.143. The first-order chi connectivity index (χ1) is 9.56. The normalized spacial score (nSPS) is 15.3. The highest BCUT2D eigenvalue weighted by Crippen LogP contribution is 2.32. The van der Waals surface area contributed by atoms with Gasteiger partial charge < -0.3 is 10.6 Å². The molecule has 0 spiro atoms. The van der Waals surface area contributed by atoms with Gasteiger partial charge in [-0.2, -0.15) is 0 Å². The Morgan fingerprint density at radius 3 is 2.60 bits per heavy atom. The van der Waals surface area contributed by atoms with Gasteiger partial charge in [-0.1, -0.05) is 12.8 Å². The molecule has 2 amide bonds. The van der Waals surface area contributed by atoms with Gasteiger partial charge in [0, 0.05) is 23.5 Å². The van der Waals surface area contributed by atoms with Crippen molar-refractivity contribution < 1.29 is 9.59 Å².